The van der Waals surface area contributed by atoms with Crippen LogP contribution in [0.5, 0.6) is 0 Å². The zero-order valence-corrected chi connectivity index (χ0v) is 18.6. The minimum atomic E-state index is -1.82. The zero-order chi connectivity index (χ0) is 22.4. The van der Waals surface area contributed by atoms with Gasteiger partial charge in [0.15, 0.2) is 0 Å². The number of aliphatic hydroxyl groups is 1. The molecule has 0 unspecified atom stereocenters. The van der Waals surface area contributed by atoms with Crippen LogP contribution in [0.15, 0.2) is 85.1 Å². The molecule has 3 aromatic rings. The molecule has 2 aromatic carbocycles. The van der Waals surface area contributed by atoms with E-state index in [-0.39, 0.29) is 6.10 Å². The number of likely N-dealkylation sites (tertiary alicyclic amines) is 1. The lowest BCUT2D eigenvalue weighted by molar-refractivity contribution is -0.914. The highest BCUT2D eigenvalue weighted by Gasteiger charge is 2.43. The number of carbonyl (C=O) groups excluding carboxylic acids is 1. The van der Waals surface area contributed by atoms with E-state index in [1.807, 2.05) is 54.7 Å². The van der Waals surface area contributed by atoms with Crippen molar-refractivity contribution in [3.8, 4) is 0 Å². The Bertz CT molecular complexity index is 961. The molecule has 0 aliphatic carbocycles. The third kappa shape index (κ3) is 4.90. The van der Waals surface area contributed by atoms with Crippen molar-refractivity contribution in [3.05, 3.63) is 102 Å². The van der Waals surface area contributed by atoms with E-state index in [1.165, 1.54) is 0 Å². The average Bonchev–Trinajstić information content (AvgIpc) is 2.85. The standard InChI is InChI=1S/C27H31N2O3/c1-29(19-15-24-14-8-9-18-28-24)20-16-25(17-21-29)32-26(30)27(31,22-10-4-2-5-11-22)23-12-6-3-7-13-23/h2-14,18,25,31H,15-17,19-21H2,1H3/q+1. The first-order valence-corrected chi connectivity index (χ1v) is 11.3. The van der Waals surface area contributed by atoms with Gasteiger partial charge in [-0.15, -0.1) is 0 Å². The lowest BCUT2D eigenvalue weighted by Crippen LogP contribution is -2.53. The number of piperidine rings is 1. The number of ether oxygens (including phenoxy) is 1. The number of aromatic nitrogens is 1. The average molecular weight is 432 g/mol. The van der Waals surface area contributed by atoms with Gasteiger partial charge >= 0.3 is 5.97 Å². The Morgan fingerprint density at radius 3 is 2.06 bits per heavy atom. The number of pyridine rings is 1. The van der Waals surface area contributed by atoms with Crippen molar-refractivity contribution in [2.45, 2.75) is 31.0 Å². The maximum Gasteiger partial charge on any atom is 0.347 e. The van der Waals surface area contributed by atoms with Crippen LogP contribution in [0.4, 0.5) is 0 Å². The van der Waals surface area contributed by atoms with E-state index in [0.29, 0.717) is 11.1 Å². The number of benzene rings is 2. The van der Waals surface area contributed by atoms with Crippen molar-refractivity contribution >= 4 is 5.97 Å². The lowest BCUT2D eigenvalue weighted by atomic mass is 9.86. The molecule has 1 aliphatic heterocycles. The predicted molar refractivity (Wildman–Crippen MR) is 124 cm³/mol. The van der Waals surface area contributed by atoms with Gasteiger partial charge < -0.3 is 14.3 Å². The van der Waals surface area contributed by atoms with Crippen molar-refractivity contribution in [2.75, 3.05) is 26.7 Å². The summed E-state index contributed by atoms with van der Waals surface area (Å²) in [5.74, 6) is -0.607. The van der Waals surface area contributed by atoms with Gasteiger partial charge in [-0.3, -0.25) is 4.98 Å². The topological polar surface area (TPSA) is 59.4 Å². The Hall–Kier alpha value is -3.02. The molecule has 1 fully saturated rings. The number of esters is 1. The van der Waals surface area contributed by atoms with E-state index < -0.39 is 11.6 Å². The summed E-state index contributed by atoms with van der Waals surface area (Å²) in [7, 11) is 2.26. The number of hydrogen-bond donors (Lipinski definition) is 1. The van der Waals surface area contributed by atoms with Crippen LogP contribution in [0.25, 0.3) is 0 Å². The van der Waals surface area contributed by atoms with Crippen molar-refractivity contribution in [1.29, 1.82) is 0 Å². The van der Waals surface area contributed by atoms with Crippen molar-refractivity contribution < 1.29 is 19.1 Å². The molecular formula is C27H31N2O3+. The molecule has 0 bridgehead atoms. The Morgan fingerprint density at radius 1 is 0.969 bits per heavy atom. The normalized spacial score (nSPS) is 21.1. The maximum absolute atomic E-state index is 13.3. The summed E-state index contributed by atoms with van der Waals surface area (Å²) in [6, 6.07) is 24.1. The van der Waals surface area contributed by atoms with Gasteiger partial charge in [0.25, 0.3) is 0 Å². The molecule has 0 atom stereocenters. The number of nitrogens with zero attached hydrogens (tertiary/aromatic N) is 2. The Labute approximate surface area is 189 Å². The van der Waals surface area contributed by atoms with E-state index in [0.717, 1.165) is 49.1 Å². The second-order valence-electron chi connectivity index (χ2n) is 8.91. The van der Waals surface area contributed by atoms with Crippen molar-refractivity contribution in [1.82, 2.24) is 4.98 Å². The first-order chi connectivity index (χ1) is 15.5. The molecule has 1 N–H and O–H groups in total. The summed E-state index contributed by atoms with van der Waals surface area (Å²) in [5, 5.41) is 11.6. The quantitative estimate of drug-likeness (QED) is 0.458. The number of likely N-dealkylation sites (N-methyl/N-ethyl adjacent to an activating group) is 1. The van der Waals surface area contributed by atoms with Gasteiger partial charge in [0.1, 0.15) is 6.10 Å². The highest BCUT2D eigenvalue weighted by Crippen LogP contribution is 2.32. The molecule has 1 aromatic heterocycles. The third-order valence-corrected chi connectivity index (χ3v) is 6.57. The van der Waals surface area contributed by atoms with Crippen LogP contribution in [-0.4, -0.2) is 53.3 Å². The summed E-state index contributed by atoms with van der Waals surface area (Å²) in [6.45, 7) is 2.87. The largest absolute Gasteiger partial charge is 0.459 e. The van der Waals surface area contributed by atoms with E-state index in [9.17, 15) is 9.90 Å². The predicted octanol–water partition coefficient (Wildman–Crippen LogP) is 3.71. The van der Waals surface area contributed by atoms with Gasteiger partial charge in [0.2, 0.25) is 5.60 Å². The van der Waals surface area contributed by atoms with Gasteiger partial charge in [0.05, 0.1) is 26.7 Å². The number of rotatable bonds is 7. The van der Waals surface area contributed by atoms with Crippen LogP contribution < -0.4 is 0 Å². The molecule has 0 radical (unpaired) electrons. The molecule has 5 nitrogen and oxygen atoms in total. The summed E-state index contributed by atoms with van der Waals surface area (Å²) >= 11 is 0. The van der Waals surface area contributed by atoms with Crippen LogP contribution in [0.2, 0.25) is 0 Å². The molecule has 166 valence electrons. The fourth-order valence-corrected chi connectivity index (χ4v) is 4.44. The molecule has 0 saturated carbocycles. The molecule has 2 heterocycles. The van der Waals surface area contributed by atoms with Crippen LogP contribution in [0.3, 0.4) is 0 Å². The molecule has 0 amide bonds. The second kappa shape index (κ2) is 9.63. The van der Waals surface area contributed by atoms with Gasteiger partial charge in [-0.25, -0.2) is 4.79 Å². The summed E-state index contributed by atoms with van der Waals surface area (Å²) in [5.41, 5.74) is 0.319. The van der Waals surface area contributed by atoms with E-state index in [4.69, 9.17) is 4.74 Å². The summed E-state index contributed by atoms with van der Waals surface area (Å²) in [4.78, 5) is 17.7. The van der Waals surface area contributed by atoms with Crippen LogP contribution in [0, 0.1) is 0 Å². The first-order valence-electron chi connectivity index (χ1n) is 11.3. The minimum absolute atomic E-state index is 0.192. The lowest BCUT2D eigenvalue weighted by Gasteiger charge is -2.41. The van der Waals surface area contributed by atoms with Crippen LogP contribution in [0.1, 0.15) is 29.7 Å². The number of quaternary nitrogens is 1. The second-order valence-corrected chi connectivity index (χ2v) is 8.91. The van der Waals surface area contributed by atoms with Gasteiger partial charge in [-0.1, -0.05) is 66.7 Å². The van der Waals surface area contributed by atoms with E-state index in [1.54, 1.807) is 24.3 Å². The minimum Gasteiger partial charge on any atom is -0.459 e. The molecule has 4 rings (SSSR count). The first kappa shape index (κ1) is 22.2. The number of hydrogen-bond acceptors (Lipinski definition) is 4. The summed E-state index contributed by atoms with van der Waals surface area (Å²) < 4.78 is 6.85. The van der Waals surface area contributed by atoms with Crippen molar-refractivity contribution in [2.24, 2.45) is 0 Å². The number of carbonyl (C=O) groups is 1. The molecule has 0 spiro atoms. The van der Waals surface area contributed by atoms with Gasteiger partial charge in [0, 0.05) is 31.2 Å². The smallest absolute Gasteiger partial charge is 0.347 e. The van der Waals surface area contributed by atoms with Crippen LogP contribution in [-0.2, 0) is 21.6 Å². The molecule has 5 heteroatoms. The highest BCUT2D eigenvalue weighted by atomic mass is 16.6. The van der Waals surface area contributed by atoms with Crippen molar-refractivity contribution in [3.63, 3.8) is 0 Å². The Balaban J connectivity index is 1.42. The monoisotopic (exact) mass is 431 g/mol. The molecule has 1 saturated heterocycles. The van der Waals surface area contributed by atoms with Crippen LogP contribution >= 0.6 is 0 Å². The highest BCUT2D eigenvalue weighted by molar-refractivity contribution is 5.85. The van der Waals surface area contributed by atoms with Gasteiger partial charge in [-0.2, -0.15) is 0 Å². The SMILES string of the molecule is C[N+]1(CCc2ccccn2)CCC(OC(=O)C(O)(c2ccccc2)c2ccccc2)CC1. The fraction of sp³-hybridized carbons (Fsp3) is 0.333. The van der Waals surface area contributed by atoms with E-state index in [2.05, 4.69) is 18.1 Å². The van der Waals surface area contributed by atoms with Gasteiger partial charge in [-0.05, 0) is 23.3 Å². The summed E-state index contributed by atoms with van der Waals surface area (Å²) in [6.07, 6.45) is 4.14. The molecule has 1 aliphatic rings. The Morgan fingerprint density at radius 2 is 1.53 bits per heavy atom. The Kier molecular flexibility index (Phi) is 6.68. The zero-order valence-electron chi connectivity index (χ0n) is 18.6. The third-order valence-electron chi connectivity index (χ3n) is 6.57. The molecular weight excluding hydrogens is 400 g/mol. The molecule has 32 heavy (non-hydrogen) atoms. The van der Waals surface area contributed by atoms with E-state index >= 15 is 0 Å². The maximum atomic E-state index is 13.3. The fourth-order valence-electron chi connectivity index (χ4n) is 4.44.